The van der Waals surface area contributed by atoms with Crippen LogP contribution in [-0.2, 0) is 4.74 Å². The number of nitrogens with zero attached hydrogens (tertiary/aromatic N) is 4. The van der Waals surface area contributed by atoms with Crippen molar-refractivity contribution in [1.29, 1.82) is 0 Å². The van der Waals surface area contributed by atoms with Crippen molar-refractivity contribution in [2.75, 3.05) is 6.61 Å². The summed E-state index contributed by atoms with van der Waals surface area (Å²) in [6.07, 6.45) is 2.91. The maximum atomic E-state index is 12.2. The van der Waals surface area contributed by atoms with Crippen LogP contribution in [0, 0.1) is 6.92 Å². The molecule has 1 N–H and O–H groups in total. The highest BCUT2D eigenvalue weighted by atomic mass is 32.1. The van der Waals surface area contributed by atoms with Crippen LogP contribution < -0.4 is 0 Å². The van der Waals surface area contributed by atoms with Gasteiger partial charge in [0.05, 0.1) is 16.9 Å². The van der Waals surface area contributed by atoms with Crippen molar-refractivity contribution in [2.24, 2.45) is 10.2 Å². The quantitative estimate of drug-likeness (QED) is 0.563. The van der Waals surface area contributed by atoms with Gasteiger partial charge in [0, 0.05) is 22.5 Å². The predicted octanol–water partition coefficient (Wildman–Crippen LogP) is 4.30. The molecular weight excluding hydrogens is 328 g/mol. The number of ether oxygens (including phenoxy) is 1. The molecule has 0 aliphatic carbocycles. The van der Waals surface area contributed by atoms with Gasteiger partial charge in [-0.2, -0.15) is 0 Å². The third-order valence-electron chi connectivity index (χ3n) is 3.20. The third-order valence-corrected chi connectivity index (χ3v) is 4.25. The van der Waals surface area contributed by atoms with E-state index in [2.05, 4.69) is 20.2 Å². The molecule has 0 aliphatic rings. The van der Waals surface area contributed by atoms with Crippen LogP contribution in [0.3, 0.4) is 0 Å². The Kier molecular flexibility index (Phi) is 4.48. The second-order valence-corrected chi connectivity index (χ2v) is 6.14. The zero-order valence-electron chi connectivity index (χ0n) is 13.1. The Hall–Kier alpha value is -2.87. The summed E-state index contributed by atoms with van der Waals surface area (Å²) in [6, 6.07) is 4.81. The van der Waals surface area contributed by atoms with Gasteiger partial charge in [-0.15, -0.1) is 21.6 Å². The molecule has 3 rings (SSSR count). The minimum absolute atomic E-state index is 0.0124. The minimum atomic E-state index is -0.558. The van der Waals surface area contributed by atoms with Crippen molar-refractivity contribution in [3.8, 4) is 5.75 Å². The maximum absolute atomic E-state index is 12.2. The number of hydrogen-bond acceptors (Lipinski definition) is 8. The zero-order chi connectivity index (χ0) is 17.1. The highest BCUT2D eigenvalue weighted by molar-refractivity contribution is 7.19. The molecule has 122 valence electrons. The molecular formula is C16H14N4O3S. The summed E-state index contributed by atoms with van der Waals surface area (Å²) in [4.78, 5) is 21.0. The number of aromatic nitrogens is 2. The number of fused-ring (bicyclic) bond motifs is 1. The first-order valence-corrected chi connectivity index (χ1v) is 8.02. The molecule has 0 amide bonds. The molecule has 0 unspecified atom stereocenters. The van der Waals surface area contributed by atoms with Crippen molar-refractivity contribution in [3.63, 3.8) is 0 Å². The Bertz CT molecular complexity index is 922. The first-order chi connectivity index (χ1) is 11.6. The summed E-state index contributed by atoms with van der Waals surface area (Å²) in [5.41, 5.74) is 0.527. The molecule has 0 bridgehead atoms. The fourth-order valence-corrected chi connectivity index (χ4v) is 3.21. The van der Waals surface area contributed by atoms with Crippen LogP contribution in [0.1, 0.15) is 22.2 Å². The summed E-state index contributed by atoms with van der Waals surface area (Å²) in [7, 11) is 0. The smallest absolute Gasteiger partial charge is 0.340 e. The average Bonchev–Trinajstić information content (AvgIpc) is 2.97. The number of carbonyl (C=O) groups excluding carboxylic acids is 1. The molecule has 0 fully saturated rings. The summed E-state index contributed by atoms with van der Waals surface area (Å²) < 4.78 is 5.73. The van der Waals surface area contributed by atoms with E-state index in [4.69, 9.17) is 4.74 Å². The number of azo groups is 1. The van der Waals surface area contributed by atoms with E-state index in [0.29, 0.717) is 21.6 Å². The number of esters is 1. The average molecular weight is 342 g/mol. The van der Waals surface area contributed by atoms with Gasteiger partial charge in [0.15, 0.2) is 5.82 Å². The lowest BCUT2D eigenvalue weighted by Crippen LogP contribution is -2.04. The van der Waals surface area contributed by atoms with Crippen molar-refractivity contribution in [2.45, 2.75) is 13.8 Å². The second kappa shape index (κ2) is 6.71. The Morgan fingerprint density at radius 3 is 2.92 bits per heavy atom. The van der Waals surface area contributed by atoms with E-state index in [-0.39, 0.29) is 17.9 Å². The molecule has 1 aromatic carbocycles. The van der Waals surface area contributed by atoms with Crippen molar-refractivity contribution < 1.29 is 14.6 Å². The number of carbonyl (C=O) groups is 1. The van der Waals surface area contributed by atoms with Crippen molar-refractivity contribution >= 4 is 38.9 Å². The van der Waals surface area contributed by atoms with E-state index in [0.717, 1.165) is 4.88 Å². The summed E-state index contributed by atoms with van der Waals surface area (Å²) in [6.45, 7) is 3.86. The van der Waals surface area contributed by atoms with E-state index in [1.807, 2.05) is 13.0 Å². The van der Waals surface area contributed by atoms with Gasteiger partial charge in [0.25, 0.3) is 0 Å². The van der Waals surface area contributed by atoms with Gasteiger partial charge < -0.3 is 9.84 Å². The molecule has 2 aromatic heterocycles. The summed E-state index contributed by atoms with van der Waals surface area (Å²) in [5.74, 6) is -0.176. The fourth-order valence-electron chi connectivity index (χ4n) is 2.19. The molecule has 0 saturated heterocycles. The molecule has 24 heavy (non-hydrogen) atoms. The van der Waals surface area contributed by atoms with Gasteiger partial charge >= 0.3 is 5.97 Å². The fraction of sp³-hybridized carbons (Fsp3) is 0.188. The highest BCUT2D eigenvalue weighted by Gasteiger charge is 2.20. The molecule has 0 saturated carbocycles. The van der Waals surface area contributed by atoms with Crippen LogP contribution in [0.5, 0.6) is 5.75 Å². The number of thiophene rings is 1. The van der Waals surface area contributed by atoms with Crippen LogP contribution in [0.25, 0.3) is 10.1 Å². The molecule has 2 heterocycles. The number of phenols is 1. The number of hydrogen-bond donors (Lipinski definition) is 1. The van der Waals surface area contributed by atoms with Gasteiger partial charge in [0.1, 0.15) is 17.8 Å². The number of phenolic OH excluding ortho intramolecular Hbond substituents is 1. The number of rotatable bonds is 4. The predicted molar refractivity (Wildman–Crippen MR) is 90.4 cm³/mol. The lowest BCUT2D eigenvalue weighted by atomic mass is 10.1. The second-order valence-electron chi connectivity index (χ2n) is 4.88. The van der Waals surface area contributed by atoms with E-state index in [1.54, 1.807) is 19.2 Å². The summed E-state index contributed by atoms with van der Waals surface area (Å²) in [5, 5.41) is 19.1. The molecule has 3 aromatic rings. The molecule has 7 nitrogen and oxygen atoms in total. The van der Waals surface area contributed by atoms with Gasteiger partial charge in [-0.25, -0.2) is 14.8 Å². The topological polar surface area (TPSA) is 97.0 Å². The van der Waals surface area contributed by atoms with Gasteiger partial charge in [0.2, 0.25) is 0 Å². The number of aryl methyl sites for hydroxylation is 1. The normalized spacial score (nSPS) is 11.2. The first kappa shape index (κ1) is 16.0. The van der Waals surface area contributed by atoms with Gasteiger partial charge in [-0.1, -0.05) is 0 Å². The lowest BCUT2D eigenvalue weighted by molar-refractivity contribution is 0.0527. The maximum Gasteiger partial charge on any atom is 0.340 e. The highest BCUT2D eigenvalue weighted by Crippen LogP contribution is 2.42. The molecule has 0 atom stereocenters. The van der Waals surface area contributed by atoms with Gasteiger partial charge in [-0.3, -0.25) is 0 Å². The van der Waals surface area contributed by atoms with E-state index >= 15 is 0 Å². The first-order valence-electron chi connectivity index (χ1n) is 7.21. The van der Waals surface area contributed by atoms with E-state index in [1.165, 1.54) is 23.7 Å². The van der Waals surface area contributed by atoms with Crippen LogP contribution in [0.15, 0.2) is 41.0 Å². The molecule has 0 aliphatic heterocycles. The standard InChI is InChI=1S/C16H14N4O3S/c1-3-23-16(22)11-7-12(21)10-6-9(2)24-15(10)14(11)20-19-13-4-5-17-8-18-13/h4-8,21H,3H2,1-2H3/b20-19+. The largest absolute Gasteiger partial charge is 0.507 e. The van der Waals surface area contributed by atoms with E-state index < -0.39 is 5.97 Å². The molecule has 0 spiro atoms. The van der Waals surface area contributed by atoms with E-state index in [9.17, 15) is 9.90 Å². The molecule has 8 heteroatoms. The van der Waals surface area contributed by atoms with Gasteiger partial charge in [-0.05, 0) is 26.0 Å². The Labute approximate surface area is 141 Å². The summed E-state index contributed by atoms with van der Waals surface area (Å²) >= 11 is 1.42. The van der Waals surface area contributed by atoms with Crippen molar-refractivity contribution in [1.82, 2.24) is 9.97 Å². The Morgan fingerprint density at radius 2 is 2.21 bits per heavy atom. The zero-order valence-corrected chi connectivity index (χ0v) is 13.9. The minimum Gasteiger partial charge on any atom is -0.507 e. The van der Waals surface area contributed by atoms with Crippen molar-refractivity contribution in [3.05, 3.63) is 41.2 Å². The number of benzene rings is 1. The third kappa shape index (κ3) is 3.09. The number of aromatic hydroxyl groups is 1. The monoisotopic (exact) mass is 342 g/mol. The van der Waals surface area contributed by atoms with Crippen LogP contribution in [0.2, 0.25) is 0 Å². The SMILES string of the molecule is CCOC(=O)c1cc(O)c2cc(C)sc2c1/N=N/c1ccncn1. The Balaban J connectivity index is 2.18. The van der Waals surface area contributed by atoms with Crippen LogP contribution in [-0.4, -0.2) is 27.7 Å². The van der Waals surface area contributed by atoms with Crippen LogP contribution in [0.4, 0.5) is 11.5 Å². The molecule has 0 radical (unpaired) electrons. The lowest BCUT2D eigenvalue weighted by Gasteiger charge is -2.07. The Morgan fingerprint density at radius 1 is 1.38 bits per heavy atom. The van der Waals surface area contributed by atoms with Crippen LogP contribution >= 0.6 is 11.3 Å².